The molecule has 5 aliphatic heterocycles. The number of thioether (sulfide) groups is 1. The minimum Gasteiger partial charge on any atom is -0.467 e. The number of carbonyl (C=O) groups is 2. The van der Waals surface area contributed by atoms with Crippen LogP contribution in [0, 0.1) is 35.5 Å². The second-order valence-electron chi connectivity index (χ2n) is 22.6. The molecular formula is C59H83NO12S. The van der Waals surface area contributed by atoms with E-state index in [-0.39, 0.29) is 65.7 Å². The van der Waals surface area contributed by atoms with Crippen molar-refractivity contribution in [1.29, 1.82) is 0 Å². The summed E-state index contributed by atoms with van der Waals surface area (Å²) in [5.41, 5.74) is 1.83. The fourth-order valence-electron chi connectivity index (χ4n) is 13.5. The van der Waals surface area contributed by atoms with Crippen LogP contribution in [0.1, 0.15) is 123 Å². The van der Waals surface area contributed by atoms with Gasteiger partial charge in [0.25, 0.3) is 0 Å². The highest BCUT2D eigenvalue weighted by Crippen LogP contribution is 2.55. The minimum absolute atomic E-state index is 0.148. The summed E-state index contributed by atoms with van der Waals surface area (Å²) in [6.07, 6.45) is 2.32. The molecule has 8 rings (SSSR count). The average molecular weight is 1030 g/mol. The van der Waals surface area contributed by atoms with Gasteiger partial charge >= 0.3 is 5.97 Å². The van der Waals surface area contributed by atoms with Gasteiger partial charge in [0.15, 0.2) is 11.6 Å². The number of benzene rings is 3. The standard InChI is InChI=1S/C59H83NO12S/c1-11-56(52-37(3)32-47(68-52)49-36(2)31-38(4)58(65,35-61)71-49)28-27-48(69-56)55(8)29-30-57(72-55)33-46(62)39(5)51(70-57)40(6)50(66-9)41(7)53(63)60-45(54(64)67-10)34-73-59(42-21-15-12-16-22-42,43-23-17-13-18-24-43)44-25-19-14-20-26-44/h12-26,36-41,45-52,61-62,65H,11,27-35H2,1-10H3,(H,60,63)/t36?,37?,38?,39?,40?,41?,45-,46?,47?,48?,49?,50?,51?,52?,55?,56?,57?,58?/m1/s1. The highest BCUT2D eigenvalue weighted by molar-refractivity contribution is 8.00. The Balaban J connectivity index is 0.947. The van der Waals surface area contributed by atoms with E-state index in [1.54, 1.807) is 25.8 Å². The SMILES string of the molecule is CCC1(C2OC(C3OC(O)(CO)C(C)CC3C)CC2C)CCC(C2(C)CCC3(CC(O)C(C)C(C(C)C(OC)C(C)C(=O)N[C@H](CSC(c4ccccc4)(c4ccccc4)c4ccccc4)C(=O)OC)O3)O2)O1. The van der Waals surface area contributed by atoms with Crippen molar-refractivity contribution >= 4 is 23.6 Å². The van der Waals surface area contributed by atoms with Gasteiger partial charge in [-0.15, -0.1) is 11.8 Å². The van der Waals surface area contributed by atoms with Gasteiger partial charge < -0.3 is 53.8 Å². The Bertz CT molecular complexity index is 2200. The Morgan fingerprint density at radius 1 is 0.849 bits per heavy atom. The zero-order valence-electron chi connectivity index (χ0n) is 44.7. The van der Waals surface area contributed by atoms with Crippen molar-refractivity contribution in [1.82, 2.24) is 5.32 Å². The van der Waals surface area contributed by atoms with Crippen LogP contribution in [0.3, 0.4) is 0 Å². The topological polar surface area (TPSA) is 171 Å². The number of aliphatic hydroxyl groups is 3. The van der Waals surface area contributed by atoms with E-state index >= 15 is 0 Å². The molecule has 13 nitrogen and oxygen atoms in total. The Kier molecular flexibility index (Phi) is 17.3. The number of methoxy groups -OCH3 is 2. The third-order valence-electron chi connectivity index (χ3n) is 17.9. The van der Waals surface area contributed by atoms with Gasteiger partial charge in [-0.05, 0) is 74.0 Å². The Morgan fingerprint density at radius 2 is 1.45 bits per heavy atom. The molecule has 3 aromatic rings. The molecule has 4 N–H and O–H groups in total. The van der Waals surface area contributed by atoms with E-state index in [2.05, 4.69) is 69.4 Å². The van der Waals surface area contributed by atoms with Crippen LogP contribution in [-0.4, -0.2) is 125 Å². The number of esters is 1. The Morgan fingerprint density at radius 3 is 2.00 bits per heavy atom. The number of rotatable bonds is 18. The molecule has 18 atom stereocenters. The number of aliphatic hydroxyl groups excluding tert-OH is 2. The summed E-state index contributed by atoms with van der Waals surface area (Å²) >= 11 is 1.57. The van der Waals surface area contributed by atoms with E-state index in [1.807, 2.05) is 75.4 Å². The smallest absolute Gasteiger partial charge is 0.329 e. The molecule has 0 radical (unpaired) electrons. The summed E-state index contributed by atoms with van der Waals surface area (Å²) in [5, 5.41) is 36.1. The van der Waals surface area contributed by atoms with E-state index in [0.717, 1.165) is 48.8 Å². The van der Waals surface area contributed by atoms with Gasteiger partial charge in [0.2, 0.25) is 5.91 Å². The molecule has 0 aliphatic carbocycles. The summed E-state index contributed by atoms with van der Waals surface area (Å²) < 4.78 is 45.4. The van der Waals surface area contributed by atoms with E-state index < -0.39 is 70.4 Å². The maximum absolute atomic E-state index is 14.5. The lowest BCUT2D eigenvalue weighted by Crippen LogP contribution is -2.57. The van der Waals surface area contributed by atoms with Gasteiger partial charge in [-0.2, -0.15) is 0 Å². The maximum Gasteiger partial charge on any atom is 0.329 e. The van der Waals surface area contributed by atoms with Gasteiger partial charge in [-0.25, -0.2) is 4.79 Å². The molecule has 0 saturated carbocycles. The van der Waals surface area contributed by atoms with Crippen LogP contribution in [0.5, 0.6) is 0 Å². The lowest BCUT2D eigenvalue weighted by atomic mass is 9.78. The number of hydrogen-bond donors (Lipinski definition) is 4. The number of hydrogen-bond acceptors (Lipinski definition) is 13. The average Bonchev–Trinajstić information content (AvgIpc) is 4.12. The first-order valence-corrected chi connectivity index (χ1v) is 27.9. The fourth-order valence-corrected chi connectivity index (χ4v) is 15.1. The zero-order valence-corrected chi connectivity index (χ0v) is 45.6. The van der Waals surface area contributed by atoms with Gasteiger partial charge in [-0.1, -0.05) is 139 Å². The van der Waals surface area contributed by atoms with Crippen LogP contribution >= 0.6 is 11.8 Å². The largest absolute Gasteiger partial charge is 0.467 e. The lowest BCUT2D eigenvalue weighted by Gasteiger charge is -2.49. The first kappa shape index (κ1) is 55.8. The van der Waals surface area contributed by atoms with Crippen LogP contribution in [0.25, 0.3) is 0 Å². The van der Waals surface area contributed by atoms with Crippen molar-refractivity contribution in [3.63, 3.8) is 0 Å². The summed E-state index contributed by atoms with van der Waals surface area (Å²) in [7, 11) is 2.92. The van der Waals surface area contributed by atoms with Crippen molar-refractivity contribution in [3.8, 4) is 0 Å². The molecule has 73 heavy (non-hydrogen) atoms. The highest BCUT2D eigenvalue weighted by Gasteiger charge is 2.62. The normalized spacial score (nSPS) is 37.4. The minimum atomic E-state index is -1.59. The van der Waals surface area contributed by atoms with Crippen molar-refractivity contribution in [2.75, 3.05) is 26.6 Å². The van der Waals surface area contributed by atoms with E-state index in [9.17, 15) is 24.9 Å². The van der Waals surface area contributed by atoms with Crippen molar-refractivity contribution < 1.29 is 58.1 Å². The van der Waals surface area contributed by atoms with Crippen LogP contribution in [0.2, 0.25) is 0 Å². The molecule has 14 heteroatoms. The highest BCUT2D eigenvalue weighted by atomic mass is 32.2. The third kappa shape index (κ3) is 10.8. The number of carbonyl (C=O) groups excluding carboxylic acids is 2. The van der Waals surface area contributed by atoms with Crippen LogP contribution in [-0.2, 0) is 47.5 Å². The van der Waals surface area contributed by atoms with E-state index in [1.165, 1.54) is 7.11 Å². The molecule has 0 aromatic heterocycles. The number of ether oxygens (including phenoxy) is 7. The first-order valence-electron chi connectivity index (χ1n) is 26.9. The van der Waals surface area contributed by atoms with Gasteiger partial charge in [0.05, 0.1) is 78.3 Å². The van der Waals surface area contributed by atoms with Gasteiger partial charge in [-0.3, -0.25) is 4.79 Å². The zero-order chi connectivity index (χ0) is 52.5. The van der Waals surface area contributed by atoms with Crippen molar-refractivity contribution in [2.45, 2.75) is 183 Å². The maximum atomic E-state index is 14.5. The summed E-state index contributed by atoms with van der Waals surface area (Å²) in [6, 6.07) is 29.6. The first-order chi connectivity index (χ1) is 34.8. The predicted octanol–water partition coefficient (Wildman–Crippen LogP) is 8.57. The summed E-state index contributed by atoms with van der Waals surface area (Å²) in [6.45, 7) is 15.8. The predicted molar refractivity (Wildman–Crippen MR) is 280 cm³/mol. The van der Waals surface area contributed by atoms with E-state index in [4.69, 9.17) is 33.2 Å². The molecule has 5 aliphatic rings. The van der Waals surface area contributed by atoms with Crippen molar-refractivity contribution in [3.05, 3.63) is 108 Å². The molecule has 1 spiro atoms. The van der Waals surface area contributed by atoms with Crippen LogP contribution < -0.4 is 5.32 Å². The second-order valence-corrected chi connectivity index (χ2v) is 23.9. The molecule has 5 fully saturated rings. The van der Waals surface area contributed by atoms with Gasteiger partial charge in [0.1, 0.15) is 6.04 Å². The molecule has 1 amide bonds. The molecule has 0 bridgehead atoms. The van der Waals surface area contributed by atoms with E-state index in [0.29, 0.717) is 19.3 Å². The second kappa shape index (κ2) is 22.7. The van der Waals surface area contributed by atoms with Crippen LogP contribution in [0.4, 0.5) is 0 Å². The Labute approximate surface area is 438 Å². The summed E-state index contributed by atoms with van der Waals surface area (Å²) in [4.78, 5) is 28.2. The monoisotopic (exact) mass is 1030 g/mol. The lowest BCUT2D eigenvalue weighted by molar-refractivity contribution is -0.336. The number of amides is 1. The van der Waals surface area contributed by atoms with Gasteiger partial charge in [0, 0.05) is 43.5 Å². The molecule has 402 valence electrons. The molecule has 17 unspecified atom stereocenters. The molecule has 5 heterocycles. The molecule has 5 saturated heterocycles. The van der Waals surface area contributed by atoms with Crippen molar-refractivity contribution in [2.24, 2.45) is 35.5 Å². The third-order valence-corrected chi connectivity index (χ3v) is 19.5. The Hall–Kier alpha value is -3.41. The van der Waals surface area contributed by atoms with Crippen LogP contribution in [0.15, 0.2) is 91.0 Å². The molecule has 3 aromatic carbocycles. The number of nitrogens with one attached hydrogen (secondary N) is 1. The quantitative estimate of drug-likeness (QED) is 0.0707. The molecular weight excluding hydrogens is 947 g/mol. The fraction of sp³-hybridized carbons (Fsp3) is 0.661. The summed E-state index contributed by atoms with van der Waals surface area (Å²) in [5.74, 6) is -4.69.